The van der Waals surface area contributed by atoms with Crippen LogP contribution in [-0.2, 0) is 32.5 Å². The van der Waals surface area contributed by atoms with Gasteiger partial charge in [-0.05, 0) is 199 Å². The topological polar surface area (TPSA) is 3.24 Å². The quantitative estimate of drug-likeness (QED) is 0.171. The Bertz CT molecular complexity index is 2930. The highest BCUT2D eigenvalue weighted by Gasteiger charge is 2.62. The number of anilines is 3. The summed E-state index contributed by atoms with van der Waals surface area (Å²) in [5.41, 5.74) is 24.2. The Morgan fingerprint density at radius 2 is 0.939 bits per heavy atom. The SMILES string of the molecule is CC(C)(C)c1cc(-c2cc3c(cc2N(c2ccc4c(c2)C(C)(C)CCC4(C)C)c2ccc4c(c2)C(C)(C)c2ccccc2-4)C2(c4ccccc4-3)C3CC4CC(C3)CC2C4)cc(C(C)(C)C)c1. The van der Waals surface area contributed by atoms with Gasteiger partial charge in [0.05, 0.1) is 5.69 Å². The van der Waals surface area contributed by atoms with Crippen LogP contribution < -0.4 is 4.90 Å². The summed E-state index contributed by atoms with van der Waals surface area (Å²) in [5.74, 6) is 3.15. The first-order chi connectivity index (χ1) is 31.2. The fourth-order valence-corrected chi connectivity index (χ4v) is 15.2. The second-order valence-electron chi connectivity index (χ2n) is 26.2. The molecule has 1 heteroatoms. The molecule has 0 atom stereocenters. The average Bonchev–Trinajstić information content (AvgIpc) is 3.68. The molecule has 13 rings (SSSR count). The summed E-state index contributed by atoms with van der Waals surface area (Å²) in [4.78, 5) is 2.74. The van der Waals surface area contributed by atoms with Crippen molar-refractivity contribution in [1.82, 2.24) is 0 Å². The van der Waals surface area contributed by atoms with E-state index in [4.69, 9.17) is 0 Å². The van der Waals surface area contributed by atoms with Gasteiger partial charge in [0.2, 0.25) is 0 Å². The van der Waals surface area contributed by atoms with E-state index in [1.165, 1.54) is 129 Å². The molecule has 1 spiro atoms. The number of benzene rings is 6. The Kier molecular flexibility index (Phi) is 8.92. The zero-order valence-electron chi connectivity index (χ0n) is 42.2. The molecule has 4 bridgehead atoms. The van der Waals surface area contributed by atoms with Crippen LogP contribution in [0.5, 0.6) is 0 Å². The van der Waals surface area contributed by atoms with Crippen LogP contribution in [0.2, 0.25) is 0 Å². The normalized spacial score (nSPS) is 25.6. The van der Waals surface area contributed by atoms with Crippen LogP contribution in [0.3, 0.4) is 0 Å². The van der Waals surface area contributed by atoms with Crippen molar-refractivity contribution in [3.63, 3.8) is 0 Å². The number of hydrogen-bond acceptors (Lipinski definition) is 1. The molecule has 66 heavy (non-hydrogen) atoms. The zero-order chi connectivity index (χ0) is 46.1. The van der Waals surface area contributed by atoms with Gasteiger partial charge in [0, 0.05) is 27.8 Å². The summed E-state index contributed by atoms with van der Waals surface area (Å²) in [5, 5.41) is 0. The predicted octanol–water partition coefficient (Wildman–Crippen LogP) is 17.8. The molecule has 0 unspecified atom stereocenters. The van der Waals surface area contributed by atoms with Gasteiger partial charge in [-0.15, -0.1) is 0 Å². The summed E-state index contributed by atoms with van der Waals surface area (Å²) in [7, 11) is 0. The molecule has 4 fully saturated rings. The summed E-state index contributed by atoms with van der Waals surface area (Å²) in [6.45, 7) is 29.1. The fraction of sp³-hybridized carbons (Fsp3) is 0.446. The lowest BCUT2D eigenvalue weighted by Crippen LogP contribution is -2.55. The number of nitrogens with zero attached hydrogens (tertiary/aromatic N) is 1. The van der Waals surface area contributed by atoms with Crippen molar-refractivity contribution in [2.45, 2.75) is 161 Å². The first-order valence-electron chi connectivity index (χ1n) is 25.8. The van der Waals surface area contributed by atoms with E-state index >= 15 is 0 Å². The van der Waals surface area contributed by atoms with Crippen molar-refractivity contribution < 1.29 is 0 Å². The van der Waals surface area contributed by atoms with Crippen LogP contribution in [0.4, 0.5) is 17.1 Å². The third kappa shape index (κ3) is 6.02. The molecule has 0 heterocycles. The molecule has 0 N–H and O–H groups in total. The Balaban J connectivity index is 1.19. The average molecular weight is 868 g/mol. The highest BCUT2D eigenvalue weighted by molar-refractivity contribution is 5.96. The van der Waals surface area contributed by atoms with Gasteiger partial charge in [0.25, 0.3) is 0 Å². The van der Waals surface area contributed by atoms with E-state index in [2.05, 4.69) is 203 Å². The first-order valence-corrected chi connectivity index (χ1v) is 25.8. The minimum Gasteiger partial charge on any atom is -0.310 e. The number of rotatable bonds is 4. The van der Waals surface area contributed by atoms with Crippen molar-refractivity contribution in [1.29, 1.82) is 0 Å². The van der Waals surface area contributed by atoms with Gasteiger partial charge in [0.15, 0.2) is 0 Å². The fourth-order valence-electron chi connectivity index (χ4n) is 15.2. The Morgan fingerprint density at radius 1 is 0.424 bits per heavy atom. The van der Waals surface area contributed by atoms with Crippen LogP contribution in [0.1, 0.15) is 173 Å². The smallest absolute Gasteiger partial charge is 0.0543 e. The maximum atomic E-state index is 2.79. The van der Waals surface area contributed by atoms with Crippen molar-refractivity contribution in [3.8, 4) is 33.4 Å². The van der Waals surface area contributed by atoms with Gasteiger partial charge >= 0.3 is 0 Å². The first kappa shape index (κ1) is 42.5. The van der Waals surface area contributed by atoms with E-state index in [1.54, 1.807) is 11.1 Å². The summed E-state index contributed by atoms with van der Waals surface area (Å²) in [6.07, 6.45) is 9.35. The lowest BCUT2D eigenvalue weighted by molar-refractivity contribution is -0.0399. The van der Waals surface area contributed by atoms with E-state index in [0.29, 0.717) is 11.8 Å². The van der Waals surface area contributed by atoms with E-state index in [0.717, 1.165) is 11.8 Å². The van der Waals surface area contributed by atoms with Gasteiger partial charge in [-0.25, -0.2) is 0 Å². The maximum Gasteiger partial charge on any atom is 0.0543 e. The molecular weight excluding hydrogens is 795 g/mol. The number of hydrogen-bond donors (Lipinski definition) is 0. The molecular formula is C65H73N. The number of fused-ring (bicyclic) bond motifs is 7. The lowest BCUT2D eigenvalue weighted by atomic mass is 9.43. The molecule has 6 aromatic rings. The minimum absolute atomic E-state index is 0.0128. The summed E-state index contributed by atoms with van der Waals surface area (Å²) in [6, 6.07) is 47.1. The van der Waals surface area contributed by atoms with E-state index in [-0.39, 0.29) is 32.5 Å². The Morgan fingerprint density at radius 3 is 1.55 bits per heavy atom. The molecule has 0 radical (unpaired) electrons. The van der Waals surface area contributed by atoms with Gasteiger partial charge in [-0.1, -0.05) is 162 Å². The highest BCUT2D eigenvalue weighted by Crippen LogP contribution is 2.70. The molecule has 0 aromatic heterocycles. The lowest BCUT2D eigenvalue weighted by Gasteiger charge is -2.61. The third-order valence-electron chi connectivity index (χ3n) is 18.8. The van der Waals surface area contributed by atoms with Gasteiger partial charge in [0.1, 0.15) is 0 Å². The minimum atomic E-state index is -0.120. The monoisotopic (exact) mass is 868 g/mol. The third-order valence-corrected chi connectivity index (χ3v) is 18.8. The summed E-state index contributed by atoms with van der Waals surface area (Å²) < 4.78 is 0. The molecule has 0 amide bonds. The zero-order valence-corrected chi connectivity index (χ0v) is 42.2. The van der Waals surface area contributed by atoms with Crippen LogP contribution in [0.15, 0.2) is 115 Å². The molecule has 0 aliphatic heterocycles. The van der Waals surface area contributed by atoms with Crippen molar-refractivity contribution in [3.05, 3.63) is 160 Å². The standard InChI is InChI=1S/C65H73N/c1-60(2,3)42-32-41(33-43(34-42)61(4,5)6)51-37-52-49-18-14-16-20-54(49)65(44-28-39-27-40(30-44)31-45(65)29-39)57(52)38-59(51)66(47-22-24-55-58(36-47)63(9,10)26-25-62(55,7)8)46-21-23-50-48-17-13-15-19-53(48)64(11,12)56(50)35-46/h13-24,32-40,44-45H,25-31H2,1-12H3. The predicted molar refractivity (Wildman–Crippen MR) is 280 cm³/mol. The Hall–Kier alpha value is -4.88. The van der Waals surface area contributed by atoms with E-state index in [9.17, 15) is 0 Å². The van der Waals surface area contributed by atoms with Crippen LogP contribution in [0.25, 0.3) is 33.4 Å². The van der Waals surface area contributed by atoms with E-state index < -0.39 is 0 Å². The molecule has 6 aromatic carbocycles. The maximum absolute atomic E-state index is 2.79. The van der Waals surface area contributed by atoms with Crippen molar-refractivity contribution >= 4 is 17.1 Å². The molecule has 1 nitrogen and oxygen atoms in total. The van der Waals surface area contributed by atoms with Crippen molar-refractivity contribution in [2.75, 3.05) is 4.90 Å². The summed E-state index contributed by atoms with van der Waals surface area (Å²) >= 11 is 0. The second-order valence-corrected chi connectivity index (χ2v) is 26.2. The van der Waals surface area contributed by atoms with Gasteiger partial charge in [-0.2, -0.15) is 0 Å². The van der Waals surface area contributed by atoms with Gasteiger partial charge in [-0.3, -0.25) is 0 Å². The van der Waals surface area contributed by atoms with Crippen LogP contribution in [-0.4, -0.2) is 0 Å². The van der Waals surface area contributed by atoms with E-state index in [1.807, 2.05) is 0 Å². The largest absolute Gasteiger partial charge is 0.310 e. The van der Waals surface area contributed by atoms with Crippen LogP contribution in [0, 0.1) is 23.7 Å². The highest BCUT2D eigenvalue weighted by atomic mass is 15.1. The molecule has 7 aliphatic rings. The molecule has 338 valence electrons. The van der Waals surface area contributed by atoms with Crippen molar-refractivity contribution in [2.24, 2.45) is 23.7 Å². The second kappa shape index (κ2) is 13.9. The molecule has 4 saturated carbocycles. The molecule has 7 aliphatic carbocycles. The Labute approximate surface area is 397 Å². The molecule has 0 saturated heterocycles. The van der Waals surface area contributed by atoms with Gasteiger partial charge < -0.3 is 4.90 Å². The van der Waals surface area contributed by atoms with Crippen LogP contribution >= 0.6 is 0 Å².